The first-order valence-corrected chi connectivity index (χ1v) is 10.3. The Hall–Kier alpha value is -3.05. The molecule has 0 radical (unpaired) electrons. The number of hydrogen-bond donors (Lipinski definition) is 0. The molecule has 0 spiro atoms. The summed E-state index contributed by atoms with van der Waals surface area (Å²) in [6, 6.07) is 20.0. The predicted octanol–water partition coefficient (Wildman–Crippen LogP) is 3.91. The molecule has 29 heavy (non-hydrogen) atoms. The molecule has 3 aromatic rings. The van der Waals surface area contributed by atoms with Crippen molar-refractivity contribution in [3.63, 3.8) is 0 Å². The quantitative estimate of drug-likeness (QED) is 0.666. The monoisotopic (exact) mass is 385 g/mol. The van der Waals surface area contributed by atoms with Gasteiger partial charge >= 0.3 is 0 Å². The molecule has 5 heteroatoms. The average Bonchev–Trinajstić information content (AvgIpc) is 3.51. The van der Waals surface area contributed by atoms with E-state index < -0.39 is 0 Å². The number of imidazole rings is 1. The van der Waals surface area contributed by atoms with Crippen LogP contribution in [0.25, 0.3) is 11.1 Å². The van der Waals surface area contributed by atoms with Gasteiger partial charge in [0.25, 0.3) is 0 Å². The fourth-order valence-corrected chi connectivity index (χ4v) is 4.29. The number of likely N-dealkylation sites (tertiary alicyclic amines) is 1. The summed E-state index contributed by atoms with van der Waals surface area (Å²) in [4.78, 5) is 11.8. The second-order valence-corrected chi connectivity index (χ2v) is 7.97. The molecule has 0 unspecified atom stereocenters. The van der Waals surface area contributed by atoms with Crippen LogP contribution in [0.1, 0.15) is 12.2 Å². The highest BCUT2D eigenvalue weighted by Gasteiger charge is 2.29. The van der Waals surface area contributed by atoms with Gasteiger partial charge in [-0.15, -0.1) is 0 Å². The van der Waals surface area contributed by atoms with Crippen molar-refractivity contribution in [3.8, 4) is 11.1 Å². The molecule has 2 aliphatic heterocycles. The fourth-order valence-electron chi connectivity index (χ4n) is 4.29. The molecule has 0 bridgehead atoms. The van der Waals surface area contributed by atoms with Crippen molar-refractivity contribution in [3.05, 3.63) is 85.2 Å². The standard InChI is InChI=1S/C24H27N5/c1-26-14-12-25-24(26)18-27-13-11-23(17-27)29-16-15-28(19-29)22-9-7-21(8-10-22)20-5-3-2-4-6-20/h2-10,12,14-16,23H,11,13,17-19H2,1H3/t23-/m1/s1. The maximum absolute atomic E-state index is 4.47. The Morgan fingerprint density at radius 3 is 2.52 bits per heavy atom. The lowest BCUT2D eigenvalue weighted by atomic mass is 10.1. The topological polar surface area (TPSA) is 27.5 Å². The van der Waals surface area contributed by atoms with Crippen LogP contribution >= 0.6 is 0 Å². The summed E-state index contributed by atoms with van der Waals surface area (Å²) >= 11 is 0. The van der Waals surface area contributed by atoms with Crippen molar-refractivity contribution in [2.75, 3.05) is 24.7 Å². The van der Waals surface area contributed by atoms with Crippen molar-refractivity contribution in [1.29, 1.82) is 0 Å². The lowest BCUT2D eigenvalue weighted by molar-refractivity contribution is 0.261. The van der Waals surface area contributed by atoms with E-state index in [2.05, 4.69) is 98.3 Å². The fraction of sp³-hybridized carbons (Fsp3) is 0.292. The van der Waals surface area contributed by atoms with Gasteiger partial charge in [-0.05, 0) is 29.7 Å². The largest absolute Gasteiger partial charge is 0.354 e. The molecule has 5 rings (SSSR count). The summed E-state index contributed by atoms with van der Waals surface area (Å²) in [7, 11) is 2.07. The average molecular weight is 386 g/mol. The molecule has 1 aromatic heterocycles. The summed E-state index contributed by atoms with van der Waals surface area (Å²) in [5, 5.41) is 0. The number of aryl methyl sites for hydroxylation is 1. The third kappa shape index (κ3) is 3.78. The molecule has 2 aliphatic rings. The lowest BCUT2D eigenvalue weighted by Gasteiger charge is -2.27. The van der Waals surface area contributed by atoms with Gasteiger partial charge in [-0.3, -0.25) is 4.90 Å². The summed E-state index contributed by atoms with van der Waals surface area (Å²) in [6.07, 6.45) is 9.56. The minimum atomic E-state index is 0.570. The first kappa shape index (κ1) is 18.0. The Morgan fingerprint density at radius 2 is 1.76 bits per heavy atom. The molecule has 148 valence electrons. The highest BCUT2D eigenvalue weighted by Crippen LogP contribution is 2.27. The Morgan fingerprint density at radius 1 is 0.966 bits per heavy atom. The lowest BCUT2D eigenvalue weighted by Crippen LogP contribution is -2.36. The highest BCUT2D eigenvalue weighted by molar-refractivity contribution is 5.66. The van der Waals surface area contributed by atoms with E-state index in [-0.39, 0.29) is 0 Å². The van der Waals surface area contributed by atoms with E-state index in [1.165, 1.54) is 23.2 Å². The van der Waals surface area contributed by atoms with Gasteiger partial charge in [-0.25, -0.2) is 4.98 Å². The maximum Gasteiger partial charge on any atom is 0.122 e. The van der Waals surface area contributed by atoms with Crippen molar-refractivity contribution < 1.29 is 0 Å². The van der Waals surface area contributed by atoms with E-state index >= 15 is 0 Å². The molecule has 5 nitrogen and oxygen atoms in total. The smallest absolute Gasteiger partial charge is 0.122 e. The minimum Gasteiger partial charge on any atom is -0.354 e. The van der Waals surface area contributed by atoms with Crippen molar-refractivity contribution in [2.24, 2.45) is 7.05 Å². The molecule has 2 aromatic carbocycles. The molecule has 0 saturated carbocycles. The van der Waals surface area contributed by atoms with Crippen LogP contribution in [0.15, 0.2) is 79.4 Å². The number of benzene rings is 2. The normalized spacial score (nSPS) is 19.4. The van der Waals surface area contributed by atoms with Crippen LogP contribution in [0.3, 0.4) is 0 Å². The molecular formula is C24H27N5. The van der Waals surface area contributed by atoms with Crippen molar-refractivity contribution >= 4 is 5.69 Å². The first-order chi connectivity index (χ1) is 14.3. The minimum absolute atomic E-state index is 0.570. The van der Waals surface area contributed by atoms with Crippen molar-refractivity contribution in [1.82, 2.24) is 19.4 Å². The Balaban J connectivity index is 1.19. The van der Waals surface area contributed by atoms with Crippen LogP contribution in [0, 0.1) is 0 Å². The first-order valence-electron chi connectivity index (χ1n) is 10.3. The van der Waals surface area contributed by atoms with E-state index in [4.69, 9.17) is 0 Å². The molecule has 1 fully saturated rings. The van der Waals surface area contributed by atoms with E-state index in [1.54, 1.807) is 0 Å². The SMILES string of the molecule is Cn1ccnc1CN1CC[C@@H](N2C=CN(c3ccc(-c4ccccc4)cc3)C2)C1. The van der Waals surface area contributed by atoms with Crippen LogP contribution < -0.4 is 4.90 Å². The zero-order valence-electron chi connectivity index (χ0n) is 16.9. The Labute approximate surface area is 172 Å². The molecule has 1 saturated heterocycles. The number of aromatic nitrogens is 2. The van der Waals surface area contributed by atoms with E-state index in [1.807, 2.05) is 12.4 Å². The molecule has 0 amide bonds. The van der Waals surface area contributed by atoms with Crippen LogP contribution in [0.5, 0.6) is 0 Å². The second kappa shape index (κ2) is 7.76. The molecular weight excluding hydrogens is 358 g/mol. The number of anilines is 1. The summed E-state index contributed by atoms with van der Waals surface area (Å²) in [5.41, 5.74) is 3.76. The molecule has 3 heterocycles. The highest BCUT2D eigenvalue weighted by atomic mass is 15.4. The second-order valence-electron chi connectivity index (χ2n) is 7.97. The summed E-state index contributed by atoms with van der Waals surface area (Å²) < 4.78 is 2.12. The van der Waals surface area contributed by atoms with E-state index in [0.717, 1.165) is 32.1 Å². The third-order valence-electron chi connectivity index (χ3n) is 6.06. The van der Waals surface area contributed by atoms with Gasteiger partial charge in [-0.1, -0.05) is 42.5 Å². The zero-order valence-corrected chi connectivity index (χ0v) is 16.9. The van der Waals surface area contributed by atoms with Gasteiger partial charge in [0.15, 0.2) is 0 Å². The van der Waals surface area contributed by atoms with Crippen molar-refractivity contribution in [2.45, 2.75) is 19.0 Å². The van der Waals surface area contributed by atoms with Gasteiger partial charge in [0, 0.05) is 56.7 Å². The van der Waals surface area contributed by atoms with Gasteiger partial charge in [0.05, 0.1) is 13.2 Å². The van der Waals surface area contributed by atoms with Crippen LogP contribution in [0.2, 0.25) is 0 Å². The molecule has 0 aliphatic carbocycles. The Kier molecular flexibility index (Phi) is 4.82. The Bertz CT molecular complexity index is 976. The number of rotatable bonds is 5. The van der Waals surface area contributed by atoms with Gasteiger partial charge in [0.2, 0.25) is 0 Å². The third-order valence-corrected chi connectivity index (χ3v) is 6.06. The van der Waals surface area contributed by atoms with E-state index in [0.29, 0.717) is 6.04 Å². The maximum atomic E-state index is 4.47. The number of nitrogens with zero attached hydrogens (tertiary/aromatic N) is 5. The predicted molar refractivity (Wildman–Crippen MR) is 117 cm³/mol. The van der Waals surface area contributed by atoms with E-state index in [9.17, 15) is 0 Å². The van der Waals surface area contributed by atoms with Gasteiger partial charge in [-0.2, -0.15) is 0 Å². The molecule has 0 N–H and O–H groups in total. The summed E-state index contributed by atoms with van der Waals surface area (Å²) in [6.45, 7) is 4.08. The van der Waals surface area contributed by atoms with Crippen LogP contribution in [-0.2, 0) is 13.6 Å². The van der Waals surface area contributed by atoms with Crippen LogP contribution in [0.4, 0.5) is 5.69 Å². The van der Waals surface area contributed by atoms with Crippen LogP contribution in [-0.4, -0.2) is 45.2 Å². The number of hydrogen-bond acceptors (Lipinski definition) is 4. The summed E-state index contributed by atoms with van der Waals surface area (Å²) in [5.74, 6) is 1.14. The molecule has 1 atom stereocenters. The van der Waals surface area contributed by atoms with Gasteiger partial charge in [0.1, 0.15) is 5.82 Å². The van der Waals surface area contributed by atoms with Gasteiger partial charge < -0.3 is 14.4 Å². The zero-order chi connectivity index (χ0) is 19.6.